The lowest BCUT2D eigenvalue weighted by atomic mass is 9.84. The van der Waals surface area contributed by atoms with E-state index in [1.165, 1.54) is 11.8 Å². The van der Waals surface area contributed by atoms with E-state index in [2.05, 4.69) is 15.4 Å². The Morgan fingerprint density at radius 3 is 2.34 bits per heavy atom. The standard InChI is InChI=1S/C20H38N4O7S/c1-3-32(30,31)21-11-12-24(2)18(26)10-9-16(14-25)22-19(27)17(23-20(28)29)13-15-7-5-4-6-8-15/h15-17,21,23,25H,3-14H2,1-2H3,(H,22,27)(H,28,29)/t16-,17-/m0/s1. The maximum absolute atomic E-state index is 12.7. The minimum atomic E-state index is -3.33. The van der Waals surface area contributed by atoms with Gasteiger partial charge in [0.1, 0.15) is 6.04 Å². The molecule has 186 valence electrons. The zero-order chi connectivity index (χ0) is 24.1. The number of likely N-dealkylation sites (N-methyl/N-ethyl adjacent to an activating group) is 1. The number of carboxylic acid groups (broad SMARTS) is 1. The Morgan fingerprint density at radius 2 is 1.78 bits per heavy atom. The van der Waals surface area contributed by atoms with Crippen LogP contribution in [0.15, 0.2) is 0 Å². The van der Waals surface area contributed by atoms with Crippen molar-refractivity contribution in [2.75, 3.05) is 32.5 Å². The van der Waals surface area contributed by atoms with E-state index in [1.54, 1.807) is 7.05 Å². The maximum atomic E-state index is 12.7. The number of hydrogen-bond donors (Lipinski definition) is 5. The topological polar surface area (TPSA) is 165 Å². The van der Waals surface area contributed by atoms with Crippen molar-refractivity contribution in [1.82, 2.24) is 20.3 Å². The summed E-state index contributed by atoms with van der Waals surface area (Å²) in [5.41, 5.74) is 0. The molecule has 11 nitrogen and oxygen atoms in total. The van der Waals surface area contributed by atoms with Crippen LogP contribution in [0.4, 0.5) is 4.79 Å². The van der Waals surface area contributed by atoms with Gasteiger partial charge in [-0.2, -0.15) is 0 Å². The van der Waals surface area contributed by atoms with Gasteiger partial charge in [0, 0.05) is 26.6 Å². The Labute approximate surface area is 190 Å². The van der Waals surface area contributed by atoms with Crippen LogP contribution in [-0.2, 0) is 19.6 Å². The zero-order valence-electron chi connectivity index (χ0n) is 19.0. The fourth-order valence-electron chi connectivity index (χ4n) is 3.73. The van der Waals surface area contributed by atoms with Crippen molar-refractivity contribution in [1.29, 1.82) is 0 Å². The van der Waals surface area contributed by atoms with Gasteiger partial charge in [-0.3, -0.25) is 9.59 Å². The van der Waals surface area contributed by atoms with E-state index >= 15 is 0 Å². The van der Waals surface area contributed by atoms with Crippen LogP contribution in [0.2, 0.25) is 0 Å². The number of aliphatic hydroxyl groups excluding tert-OH is 1. The third-order valence-electron chi connectivity index (χ3n) is 5.76. The number of aliphatic hydroxyl groups is 1. The van der Waals surface area contributed by atoms with Gasteiger partial charge in [-0.1, -0.05) is 32.1 Å². The highest BCUT2D eigenvalue weighted by Crippen LogP contribution is 2.27. The molecule has 3 amide bonds. The predicted octanol–water partition coefficient (Wildman–Crippen LogP) is 0.248. The van der Waals surface area contributed by atoms with E-state index < -0.39 is 34.1 Å². The van der Waals surface area contributed by atoms with Gasteiger partial charge in [-0.05, 0) is 25.7 Å². The van der Waals surface area contributed by atoms with Crippen molar-refractivity contribution in [3.63, 3.8) is 0 Å². The summed E-state index contributed by atoms with van der Waals surface area (Å²) in [6, 6.07) is -1.60. The van der Waals surface area contributed by atoms with Crippen molar-refractivity contribution in [2.24, 2.45) is 5.92 Å². The van der Waals surface area contributed by atoms with Crippen LogP contribution >= 0.6 is 0 Å². The second kappa shape index (κ2) is 14.3. The van der Waals surface area contributed by atoms with Gasteiger partial charge in [0.25, 0.3) is 0 Å². The van der Waals surface area contributed by atoms with Crippen molar-refractivity contribution in [2.45, 2.75) is 70.4 Å². The van der Waals surface area contributed by atoms with Gasteiger partial charge < -0.3 is 25.7 Å². The lowest BCUT2D eigenvalue weighted by Gasteiger charge is -2.27. The second-order valence-corrected chi connectivity index (χ2v) is 10.4. The summed E-state index contributed by atoms with van der Waals surface area (Å²) in [5, 5.41) is 23.6. The molecule has 0 aromatic rings. The van der Waals surface area contributed by atoms with Crippen molar-refractivity contribution in [3.05, 3.63) is 0 Å². The summed E-state index contributed by atoms with van der Waals surface area (Å²) in [6.45, 7) is 1.43. The molecular weight excluding hydrogens is 440 g/mol. The van der Waals surface area contributed by atoms with Gasteiger partial charge >= 0.3 is 6.09 Å². The Balaban J connectivity index is 2.51. The van der Waals surface area contributed by atoms with Crippen LogP contribution in [0.3, 0.4) is 0 Å². The minimum Gasteiger partial charge on any atom is -0.465 e. The van der Waals surface area contributed by atoms with Crippen LogP contribution in [-0.4, -0.2) is 86.0 Å². The largest absolute Gasteiger partial charge is 0.465 e. The molecule has 2 atom stereocenters. The summed E-state index contributed by atoms with van der Waals surface area (Å²) >= 11 is 0. The molecule has 0 saturated heterocycles. The van der Waals surface area contributed by atoms with Gasteiger partial charge in [0.2, 0.25) is 21.8 Å². The average molecular weight is 479 g/mol. The highest BCUT2D eigenvalue weighted by Gasteiger charge is 2.27. The Kier molecular flexibility index (Phi) is 12.5. The molecule has 0 unspecified atom stereocenters. The van der Waals surface area contributed by atoms with Crippen LogP contribution in [0.25, 0.3) is 0 Å². The van der Waals surface area contributed by atoms with Gasteiger partial charge in [-0.25, -0.2) is 17.9 Å². The van der Waals surface area contributed by atoms with Gasteiger partial charge in [0.15, 0.2) is 0 Å². The van der Waals surface area contributed by atoms with Crippen molar-refractivity contribution < 1.29 is 33.0 Å². The minimum absolute atomic E-state index is 0.0407. The van der Waals surface area contributed by atoms with E-state index in [0.29, 0.717) is 6.42 Å². The highest BCUT2D eigenvalue weighted by atomic mass is 32.2. The zero-order valence-corrected chi connectivity index (χ0v) is 19.8. The third-order valence-corrected chi connectivity index (χ3v) is 7.16. The Hall–Kier alpha value is -1.92. The lowest BCUT2D eigenvalue weighted by Crippen LogP contribution is -2.51. The van der Waals surface area contributed by atoms with E-state index in [4.69, 9.17) is 5.11 Å². The molecule has 1 fully saturated rings. The molecule has 0 bridgehead atoms. The number of amides is 3. The van der Waals surface area contributed by atoms with Crippen LogP contribution in [0.1, 0.15) is 58.3 Å². The number of nitrogens with zero attached hydrogens (tertiary/aromatic N) is 1. The monoisotopic (exact) mass is 478 g/mol. The summed E-state index contributed by atoms with van der Waals surface area (Å²) in [6.07, 6.45) is 4.56. The highest BCUT2D eigenvalue weighted by molar-refractivity contribution is 7.89. The van der Waals surface area contributed by atoms with E-state index in [-0.39, 0.29) is 50.1 Å². The number of rotatable bonds is 14. The molecule has 32 heavy (non-hydrogen) atoms. The molecule has 0 aromatic carbocycles. The summed E-state index contributed by atoms with van der Waals surface area (Å²) < 4.78 is 25.2. The van der Waals surface area contributed by atoms with Crippen molar-refractivity contribution in [3.8, 4) is 0 Å². The quantitative estimate of drug-likeness (QED) is 0.239. The number of carbonyl (C=O) groups excluding carboxylic acids is 2. The molecular formula is C20H38N4O7S. The first-order chi connectivity index (χ1) is 15.1. The SMILES string of the molecule is CCS(=O)(=O)NCCN(C)C(=O)CC[C@@H](CO)NC(=O)[C@H](CC1CCCCC1)NC(=O)O. The predicted molar refractivity (Wildman–Crippen MR) is 119 cm³/mol. The van der Waals surface area contributed by atoms with E-state index in [0.717, 1.165) is 32.1 Å². The molecule has 12 heteroatoms. The molecule has 1 aliphatic rings. The number of carbonyl (C=O) groups is 3. The Bertz CT molecular complexity index is 711. The van der Waals surface area contributed by atoms with Gasteiger partial charge in [0.05, 0.1) is 18.4 Å². The lowest BCUT2D eigenvalue weighted by molar-refractivity contribution is -0.130. The summed E-state index contributed by atoms with van der Waals surface area (Å²) in [7, 11) is -1.78. The molecule has 1 aliphatic carbocycles. The normalized spacial score (nSPS) is 16.7. The maximum Gasteiger partial charge on any atom is 0.405 e. The summed E-state index contributed by atoms with van der Waals surface area (Å²) in [4.78, 5) is 37.5. The smallest absolute Gasteiger partial charge is 0.405 e. The first-order valence-electron chi connectivity index (χ1n) is 11.2. The second-order valence-electron chi connectivity index (χ2n) is 8.28. The van der Waals surface area contributed by atoms with E-state index in [9.17, 15) is 27.9 Å². The van der Waals surface area contributed by atoms with Crippen LogP contribution in [0, 0.1) is 5.92 Å². The first-order valence-corrected chi connectivity index (χ1v) is 12.8. The van der Waals surface area contributed by atoms with Gasteiger partial charge in [-0.15, -0.1) is 0 Å². The molecule has 0 heterocycles. The van der Waals surface area contributed by atoms with E-state index in [1.807, 2.05) is 0 Å². The molecule has 1 saturated carbocycles. The molecule has 0 spiro atoms. The molecule has 0 aliphatic heterocycles. The molecule has 1 rings (SSSR count). The molecule has 0 aromatic heterocycles. The van der Waals surface area contributed by atoms with Crippen LogP contribution in [0.5, 0.6) is 0 Å². The summed E-state index contributed by atoms with van der Waals surface area (Å²) in [5.74, 6) is -0.525. The number of hydrogen-bond acceptors (Lipinski definition) is 6. The van der Waals surface area contributed by atoms with Crippen LogP contribution < -0.4 is 15.4 Å². The third kappa shape index (κ3) is 11.1. The number of sulfonamides is 1. The fourth-order valence-corrected chi connectivity index (χ4v) is 4.34. The van der Waals surface area contributed by atoms with Crippen molar-refractivity contribution >= 4 is 27.9 Å². The number of nitrogens with one attached hydrogen (secondary N) is 3. The first kappa shape index (κ1) is 28.1. The molecule has 5 N–H and O–H groups in total. The fraction of sp³-hybridized carbons (Fsp3) is 0.850. The Morgan fingerprint density at radius 1 is 1.12 bits per heavy atom. The molecule has 0 radical (unpaired) electrons. The average Bonchev–Trinajstić information content (AvgIpc) is 2.75.